The van der Waals surface area contributed by atoms with E-state index in [0.29, 0.717) is 39.9 Å². The fourth-order valence-corrected chi connectivity index (χ4v) is 3.10. The monoisotopic (exact) mass is 402 g/mol. The van der Waals surface area contributed by atoms with Crippen LogP contribution in [0.15, 0.2) is 48.8 Å². The van der Waals surface area contributed by atoms with Crippen molar-refractivity contribution in [3.8, 4) is 11.8 Å². The molecular weight excluding hydrogens is 387 g/mol. The molecule has 0 aliphatic carbocycles. The van der Waals surface area contributed by atoms with E-state index in [9.17, 15) is 10.1 Å². The maximum absolute atomic E-state index is 11.9. The third kappa shape index (κ3) is 4.73. The molecule has 7 heteroatoms. The number of fused-ring (bicyclic) bond motifs is 1. The quantitative estimate of drug-likeness (QED) is 0.411. The molecule has 0 radical (unpaired) electrons. The molecule has 3 rings (SSSR count). The highest BCUT2D eigenvalue weighted by molar-refractivity contribution is 6.35. The molecule has 0 spiro atoms. The van der Waals surface area contributed by atoms with Crippen molar-refractivity contribution in [2.75, 3.05) is 6.61 Å². The van der Waals surface area contributed by atoms with Gasteiger partial charge in [-0.15, -0.1) is 0 Å². The molecule has 1 aromatic carbocycles. The molecule has 2 heterocycles. The Balaban J connectivity index is 1.47. The van der Waals surface area contributed by atoms with Crippen LogP contribution in [0.4, 0.5) is 0 Å². The van der Waals surface area contributed by atoms with E-state index in [2.05, 4.69) is 6.07 Å². The van der Waals surface area contributed by atoms with E-state index in [1.165, 1.54) is 0 Å². The molecule has 0 aliphatic heterocycles. The predicted molar refractivity (Wildman–Crippen MR) is 103 cm³/mol. The summed E-state index contributed by atoms with van der Waals surface area (Å²) in [5, 5.41) is 10.3. The van der Waals surface area contributed by atoms with Gasteiger partial charge in [0.1, 0.15) is 18.4 Å². The minimum absolute atomic E-state index is 0.0628. The van der Waals surface area contributed by atoms with Gasteiger partial charge in [0.25, 0.3) is 0 Å². The van der Waals surface area contributed by atoms with Crippen molar-refractivity contribution in [2.45, 2.75) is 19.4 Å². The van der Waals surface area contributed by atoms with E-state index < -0.39 is 0 Å². The lowest BCUT2D eigenvalue weighted by Crippen LogP contribution is -2.07. The van der Waals surface area contributed by atoms with Crippen molar-refractivity contribution in [2.24, 2.45) is 0 Å². The van der Waals surface area contributed by atoms with Crippen LogP contribution in [0.2, 0.25) is 10.0 Å². The van der Waals surface area contributed by atoms with Crippen molar-refractivity contribution >= 4 is 34.7 Å². The molecule has 0 amide bonds. The molecule has 0 atom stereocenters. The van der Waals surface area contributed by atoms with Gasteiger partial charge in [0.05, 0.1) is 22.7 Å². The zero-order chi connectivity index (χ0) is 19.2. The van der Waals surface area contributed by atoms with Gasteiger partial charge in [-0.2, -0.15) is 5.26 Å². The number of rotatable bonds is 7. The van der Waals surface area contributed by atoms with Crippen molar-refractivity contribution in [3.05, 3.63) is 70.0 Å². The van der Waals surface area contributed by atoms with Gasteiger partial charge >= 0.3 is 5.97 Å². The van der Waals surface area contributed by atoms with Gasteiger partial charge in [-0.25, -0.2) is 0 Å². The number of aromatic nitrogens is 1. The van der Waals surface area contributed by atoms with Crippen LogP contribution in [0.1, 0.15) is 24.0 Å². The summed E-state index contributed by atoms with van der Waals surface area (Å²) < 4.78 is 12.7. The Hall–Kier alpha value is -2.68. The number of hydrogen-bond donors (Lipinski definition) is 0. The van der Waals surface area contributed by atoms with Crippen molar-refractivity contribution < 1.29 is 14.3 Å². The van der Waals surface area contributed by atoms with Crippen LogP contribution >= 0.6 is 23.2 Å². The molecule has 0 unspecified atom stereocenters. The summed E-state index contributed by atoms with van der Waals surface area (Å²) >= 11 is 11.9. The lowest BCUT2D eigenvalue weighted by Gasteiger charge is -2.08. The number of hydrogen-bond acceptors (Lipinski definition) is 4. The second-order valence-corrected chi connectivity index (χ2v) is 6.67. The number of carbonyl (C=O) groups is 1. The fourth-order valence-electron chi connectivity index (χ4n) is 2.64. The third-order valence-corrected chi connectivity index (χ3v) is 4.47. The minimum atomic E-state index is -0.347. The van der Waals surface area contributed by atoms with Crippen LogP contribution in [-0.2, 0) is 16.1 Å². The van der Waals surface area contributed by atoms with Crippen molar-refractivity contribution in [1.29, 1.82) is 5.26 Å². The molecule has 0 bridgehead atoms. The lowest BCUT2D eigenvalue weighted by molar-refractivity contribution is -0.145. The lowest BCUT2D eigenvalue weighted by atomic mass is 10.2. The van der Waals surface area contributed by atoms with Crippen LogP contribution in [0.25, 0.3) is 5.52 Å². The summed E-state index contributed by atoms with van der Waals surface area (Å²) in [5.41, 5.74) is 1.99. The largest absolute Gasteiger partial charge is 0.492 e. The van der Waals surface area contributed by atoms with Crippen molar-refractivity contribution in [1.82, 2.24) is 4.40 Å². The first-order valence-electron chi connectivity index (χ1n) is 8.30. The molecule has 5 nitrogen and oxygen atoms in total. The van der Waals surface area contributed by atoms with Gasteiger partial charge in [-0.3, -0.25) is 4.79 Å². The normalized spacial score (nSPS) is 10.6. The number of nitrogens with zero attached hydrogens (tertiary/aromatic N) is 2. The first kappa shape index (κ1) is 19.1. The Morgan fingerprint density at radius 1 is 1.22 bits per heavy atom. The summed E-state index contributed by atoms with van der Waals surface area (Å²) in [4.78, 5) is 11.9. The highest BCUT2D eigenvalue weighted by Gasteiger charge is 2.12. The zero-order valence-corrected chi connectivity index (χ0v) is 15.8. The standard InChI is InChI=1S/C20H16Cl2N2O3/c21-15-6-7-19(17(22)10-15)26-9-3-5-20(25)27-13-14-12-24-8-2-1-4-18(24)16(14)11-23/h1-2,4,6-8,10,12H,3,5,9,13H2. The van der Waals surface area contributed by atoms with Crippen LogP contribution in [0.5, 0.6) is 5.75 Å². The predicted octanol–water partition coefficient (Wildman–Crippen LogP) is 5.02. The molecule has 0 aliphatic rings. The summed E-state index contributed by atoms with van der Waals surface area (Å²) in [6, 6.07) is 12.7. The van der Waals surface area contributed by atoms with E-state index in [4.69, 9.17) is 32.7 Å². The van der Waals surface area contributed by atoms with Gasteiger partial charge in [0.2, 0.25) is 0 Å². The molecule has 0 saturated heterocycles. The SMILES string of the molecule is N#Cc1c(COC(=O)CCCOc2ccc(Cl)cc2Cl)cn2ccccc12. The first-order valence-corrected chi connectivity index (χ1v) is 9.06. The average Bonchev–Trinajstić information content (AvgIpc) is 3.02. The maximum atomic E-state index is 11.9. The Morgan fingerprint density at radius 3 is 2.85 bits per heavy atom. The molecule has 138 valence electrons. The summed E-state index contributed by atoms with van der Waals surface area (Å²) in [6.45, 7) is 0.392. The average molecular weight is 403 g/mol. The third-order valence-electron chi connectivity index (χ3n) is 3.94. The van der Waals surface area contributed by atoms with Crippen LogP contribution < -0.4 is 4.74 Å². The molecule has 0 N–H and O–H groups in total. The molecule has 0 fully saturated rings. The van der Waals surface area contributed by atoms with E-state index in [1.54, 1.807) is 24.4 Å². The van der Waals surface area contributed by atoms with E-state index in [1.807, 2.05) is 28.8 Å². The number of esters is 1. The number of ether oxygens (including phenoxy) is 2. The molecule has 2 aromatic heterocycles. The summed E-state index contributed by atoms with van der Waals surface area (Å²) in [6.07, 6.45) is 4.34. The molecule has 0 saturated carbocycles. The van der Waals surface area contributed by atoms with Gasteiger partial charge in [0.15, 0.2) is 0 Å². The maximum Gasteiger partial charge on any atom is 0.306 e. The van der Waals surface area contributed by atoms with Gasteiger partial charge < -0.3 is 13.9 Å². The highest BCUT2D eigenvalue weighted by atomic mass is 35.5. The number of nitriles is 1. The zero-order valence-electron chi connectivity index (χ0n) is 14.3. The Bertz CT molecular complexity index is 1010. The molecule has 27 heavy (non-hydrogen) atoms. The minimum Gasteiger partial charge on any atom is -0.492 e. The van der Waals surface area contributed by atoms with E-state index >= 15 is 0 Å². The smallest absolute Gasteiger partial charge is 0.306 e. The number of halogens is 2. The Morgan fingerprint density at radius 2 is 2.07 bits per heavy atom. The van der Waals surface area contributed by atoms with Crippen LogP contribution in [-0.4, -0.2) is 17.0 Å². The number of carbonyl (C=O) groups excluding carboxylic acids is 1. The summed E-state index contributed by atoms with van der Waals surface area (Å²) in [5.74, 6) is 0.175. The first-order chi connectivity index (χ1) is 13.1. The van der Waals surface area contributed by atoms with Gasteiger partial charge in [0, 0.05) is 29.4 Å². The second-order valence-electron chi connectivity index (χ2n) is 5.82. The Labute approximate surface area is 166 Å². The van der Waals surface area contributed by atoms with Gasteiger partial charge in [-0.1, -0.05) is 29.3 Å². The molecular formula is C20H16Cl2N2O3. The van der Waals surface area contributed by atoms with E-state index in [0.717, 1.165) is 5.52 Å². The number of pyridine rings is 1. The second kappa shape index (κ2) is 8.81. The van der Waals surface area contributed by atoms with Crippen LogP contribution in [0, 0.1) is 11.3 Å². The molecule has 3 aromatic rings. The number of benzene rings is 1. The van der Waals surface area contributed by atoms with E-state index in [-0.39, 0.29) is 19.0 Å². The topological polar surface area (TPSA) is 63.7 Å². The Kier molecular flexibility index (Phi) is 6.23. The fraction of sp³-hybridized carbons (Fsp3) is 0.200. The highest BCUT2D eigenvalue weighted by Crippen LogP contribution is 2.27. The van der Waals surface area contributed by atoms with Gasteiger partial charge in [-0.05, 0) is 36.8 Å². The summed E-state index contributed by atoms with van der Waals surface area (Å²) in [7, 11) is 0. The van der Waals surface area contributed by atoms with Crippen molar-refractivity contribution in [3.63, 3.8) is 0 Å². The van der Waals surface area contributed by atoms with Crippen LogP contribution in [0.3, 0.4) is 0 Å².